The SMILES string of the molecule is COc1ccccc1N(C)S(=O)(=O)c1ccc(C)c(C(=O)NC2CCCC(C)C2)c1. The van der Waals surface area contributed by atoms with E-state index in [1.165, 1.54) is 37.0 Å². The third-order valence-corrected chi connectivity index (χ3v) is 7.58. The quantitative estimate of drug-likeness (QED) is 0.747. The Morgan fingerprint density at radius 1 is 1.17 bits per heavy atom. The number of methoxy groups -OCH3 is 1. The molecule has 3 rings (SSSR count). The first-order valence-electron chi connectivity index (χ1n) is 10.3. The molecule has 0 aliphatic heterocycles. The number of carbonyl (C=O) groups excluding carboxylic acids is 1. The maximum atomic E-state index is 13.3. The highest BCUT2D eigenvalue weighted by Crippen LogP contribution is 2.31. The van der Waals surface area contributed by atoms with Crippen LogP contribution in [0.15, 0.2) is 47.4 Å². The van der Waals surface area contributed by atoms with Crippen molar-refractivity contribution in [3.05, 3.63) is 53.6 Å². The van der Waals surface area contributed by atoms with Gasteiger partial charge in [-0.25, -0.2) is 8.42 Å². The lowest BCUT2D eigenvalue weighted by Crippen LogP contribution is -2.38. The fraction of sp³-hybridized carbons (Fsp3) is 0.435. The van der Waals surface area contributed by atoms with Crippen molar-refractivity contribution in [3.8, 4) is 5.75 Å². The molecule has 2 aromatic carbocycles. The lowest BCUT2D eigenvalue weighted by Gasteiger charge is -2.27. The van der Waals surface area contributed by atoms with E-state index in [9.17, 15) is 13.2 Å². The second-order valence-electron chi connectivity index (χ2n) is 8.06. The summed E-state index contributed by atoms with van der Waals surface area (Å²) in [6.45, 7) is 4.02. The highest BCUT2D eigenvalue weighted by molar-refractivity contribution is 7.92. The molecule has 0 saturated heterocycles. The number of anilines is 1. The molecule has 1 amide bonds. The average molecular weight is 431 g/mol. The highest BCUT2D eigenvalue weighted by Gasteiger charge is 2.26. The predicted molar refractivity (Wildman–Crippen MR) is 119 cm³/mol. The molecule has 6 nitrogen and oxygen atoms in total. The zero-order valence-electron chi connectivity index (χ0n) is 18.0. The van der Waals surface area contributed by atoms with Gasteiger partial charge in [0.2, 0.25) is 0 Å². The van der Waals surface area contributed by atoms with Gasteiger partial charge >= 0.3 is 0 Å². The van der Waals surface area contributed by atoms with Crippen molar-refractivity contribution in [1.29, 1.82) is 0 Å². The van der Waals surface area contributed by atoms with Crippen molar-refractivity contribution >= 4 is 21.6 Å². The van der Waals surface area contributed by atoms with Crippen LogP contribution in [0.5, 0.6) is 5.75 Å². The number of carbonyl (C=O) groups is 1. The van der Waals surface area contributed by atoms with Gasteiger partial charge in [-0.2, -0.15) is 0 Å². The smallest absolute Gasteiger partial charge is 0.264 e. The van der Waals surface area contributed by atoms with Crippen molar-refractivity contribution in [1.82, 2.24) is 5.32 Å². The molecule has 162 valence electrons. The summed E-state index contributed by atoms with van der Waals surface area (Å²) in [5.74, 6) is 0.829. The summed E-state index contributed by atoms with van der Waals surface area (Å²) >= 11 is 0. The molecule has 7 heteroatoms. The Morgan fingerprint density at radius 2 is 1.90 bits per heavy atom. The van der Waals surface area contributed by atoms with Gasteiger partial charge in [0, 0.05) is 18.7 Å². The van der Waals surface area contributed by atoms with Crippen LogP contribution in [0.25, 0.3) is 0 Å². The van der Waals surface area contributed by atoms with Crippen molar-refractivity contribution < 1.29 is 17.9 Å². The largest absolute Gasteiger partial charge is 0.495 e. The summed E-state index contributed by atoms with van der Waals surface area (Å²) in [4.78, 5) is 13.0. The Balaban J connectivity index is 1.88. The van der Waals surface area contributed by atoms with Crippen LogP contribution >= 0.6 is 0 Å². The monoisotopic (exact) mass is 430 g/mol. The van der Waals surface area contributed by atoms with E-state index in [2.05, 4.69) is 12.2 Å². The molecule has 2 unspecified atom stereocenters. The van der Waals surface area contributed by atoms with Crippen LogP contribution in [0.1, 0.15) is 48.5 Å². The molecule has 2 atom stereocenters. The van der Waals surface area contributed by atoms with Gasteiger partial charge in [-0.1, -0.05) is 38.0 Å². The minimum absolute atomic E-state index is 0.0728. The van der Waals surface area contributed by atoms with Gasteiger partial charge in [0.15, 0.2) is 0 Å². The van der Waals surface area contributed by atoms with E-state index in [-0.39, 0.29) is 16.8 Å². The molecule has 0 aromatic heterocycles. The van der Waals surface area contributed by atoms with Crippen LogP contribution in [0, 0.1) is 12.8 Å². The number of sulfonamides is 1. The average Bonchev–Trinajstić information content (AvgIpc) is 2.73. The predicted octanol–water partition coefficient (Wildman–Crippen LogP) is 4.14. The van der Waals surface area contributed by atoms with E-state index >= 15 is 0 Å². The highest BCUT2D eigenvalue weighted by atomic mass is 32.2. The molecule has 0 bridgehead atoms. The van der Waals surface area contributed by atoms with Crippen molar-refractivity contribution in [3.63, 3.8) is 0 Å². The number of ether oxygens (including phenoxy) is 1. The maximum Gasteiger partial charge on any atom is 0.264 e. The second kappa shape index (κ2) is 9.08. The van der Waals surface area contributed by atoms with E-state index in [0.717, 1.165) is 24.8 Å². The number of aryl methyl sites for hydroxylation is 1. The molecule has 1 saturated carbocycles. The first-order chi connectivity index (χ1) is 14.2. The zero-order valence-corrected chi connectivity index (χ0v) is 18.8. The van der Waals surface area contributed by atoms with Crippen LogP contribution < -0.4 is 14.4 Å². The molecular weight excluding hydrogens is 400 g/mol. The summed E-state index contributed by atoms with van der Waals surface area (Å²) in [6.07, 6.45) is 4.21. The molecule has 1 fully saturated rings. The summed E-state index contributed by atoms with van der Waals surface area (Å²) in [6, 6.07) is 11.8. The van der Waals surface area contributed by atoms with Crippen LogP contribution in [0.2, 0.25) is 0 Å². The topological polar surface area (TPSA) is 75.7 Å². The number of nitrogens with one attached hydrogen (secondary N) is 1. The summed E-state index contributed by atoms with van der Waals surface area (Å²) < 4.78 is 33.0. The Bertz CT molecular complexity index is 1020. The van der Waals surface area contributed by atoms with Gasteiger partial charge in [0.05, 0.1) is 17.7 Å². The van der Waals surface area contributed by atoms with Crippen LogP contribution in [0.4, 0.5) is 5.69 Å². The molecule has 0 radical (unpaired) electrons. The summed E-state index contributed by atoms with van der Waals surface area (Å²) in [5, 5.41) is 3.10. The second-order valence-corrected chi connectivity index (χ2v) is 10.0. The van der Waals surface area contributed by atoms with Crippen LogP contribution in [-0.2, 0) is 10.0 Å². The van der Waals surface area contributed by atoms with Crippen molar-refractivity contribution in [2.75, 3.05) is 18.5 Å². The zero-order chi connectivity index (χ0) is 21.9. The normalized spacial score (nSPS) is 19.2. The fourth-order valence-electron chi connectivity index (χ4n) is 4.01. The molecule has 0 heterocycles. The number of amides is 1. The molecule has 0 spiro atoms. The molecule has 1 N–H and O–H groups in total. The number of benzene rings is 2. The minimum atomic E-state index is -3.87. The van der Waals surface area contributed by atoms with E-state index in [1.807, 2.05) is 6.92 Å². The molecule has 30 heavy (non-hydrogen) atoms. The Morgan fingerprint density at radius 3 is 2.60 bits per heavy atom. The van der Waals surface area contributed by atoms with E-state index in [4.69, 9.17) is 4.74 Å². The third kappa shape index (κ3) is 4.61. The number of rotatable bonds is 6. The van der Waals surface area contributed by atoms with Gasteiger partial charge in [0.25, 0.3) is 15.9 Å². The number of para-hydroxylation sites is 2. The number of hydrogen-bond acceptors (Lipinski definition) is 4. The Hall–Kier alpha value is -2.54. The Kier molecular flexibility index (Phi) is 6.71. The fourth-order valence-corrected chi connectivity index (χ4v) is 5.24. The standard InChI is InChI=1S/C23H30N2O4S/c1-16-8-7-9-18(14-16)24-23(26)20-15-19(13-12-17(20)2)30(27,28)25(3)21-10-5-6-11-22(21)29-4/h5-6,10-13,15-16,18H,7-9,14H2,1-4H3,(H,24,26). The van der Waals surface area contributed by atoms with Crippen molar-refractivity contribution in [2.45, 2.75) is 50.5 Å². The Labute approximate surface area is 179 Å². The van der Waals surface area contributed by atoms with Gasteiger partial charge in [-0.05, 0) is 55.5 Å². The molecular formula is C23H30N2O4S. The van der Waals surface area contributed by atoms with Crippen LogP contribution in [0.3, 0.4) is 0 Å². The number of nitrogens with zero attached hydrogens (tertiary/aromatic N) is 1. The van der Waals surface area contributed by atoms with Crippen LogP contribution in [-0.4, -0.2) is 34.5 Å². The lowest BCUT2D eigenvalue weighted by molar-refractivity contribution is 0.0920. The molecule has 1 aliphatic rings. The molecule has 1 aliphatic carbocycles. The molecule has 2 aromatic rings. The summed E-state index contributed by atoms with van der Waals surface area (Å²) in [7, 11) is -0.884. The minimum Gasteiger partial charge on any atom is -0.495 e. The summed E-state index contributed by atoms with van der Waals surface area (Å²) in [5.41, 5.74) is 1.57. The lowest BCUT2D eigenvalue weighted by atomic mass is 9.87. The van der Waals surface area contributed by atoms with Crippen molar-refractivity contribution in [2.24, 2.45) is 5.92 Å². The first kappa shape index (κ1) is 22.2. The first-order valence-corrected chi connectivity index (χ1v) is 11.7. The van der Waals surface area contributed by atoms with Gasteiger partial charge in [-0.3, -0.25) is 9.10 Å². The van der Waals surface area contributed by atoms with E-state index < -0.39 is 10.0 Å². The van der Waals surface area contributed by atoms with Gasteiger partial charge < -0.3 is 10.1 Å². The van der Waals surface area contributed by atoms with E-state index in [1.54, 1.807) is 30.3 Å². The maximum absolute atomic E-state index is 13.3. The van der Waals surface area contributed by atoms with Gasteiger partial charge in [0.1, 0.15) is 5.75 Å². The third-order valence-electron chi connectivity index (χ3n) is 5.81. The number of hydrogen-bond donors (Lipinski definition) is 1. The van der Waals surface area contributed by atoms with Gasteiger partial charge in [-0.15, -0.1) is 0 Å². The van der Waals surface area contributed by atoms with E-state index in [0.29, 0.717) is 22.9 Å².